The second-order valence-electron chi connectivity index (χ2n) is 4.01. The Hall–Kier alpha value is 0.260. The number of amidine groups is 1. The summed E-state index contributed by atoms with van der Waals surface area (Å²) in [6, 6.07) is 0. The lowest BCUT2D eigenvalue weighted by molar-refractivity contribution is 1.16. The van der Waals surface area contributed by atoms with Gasteiger partial charge in [-0.25, -0.2) is 4.99 Å². The first kappa shape index (κ1) is 16.1. The fourth-order valence-electron chi connectivity index (χ4n) is 1.94. The fourth-order valence-corrected chi connectivity index (χ4v) is 5.59. The molecule has 1 aromatic heterocycles. The van der Waals surface area contributed by atoms with Crippen molar-refractivity contribution >= 4 is 99.2 Å². The van der Waals surface area contributed by atoms with Gasteiger partial charge in [0.1, 0.15) is 0 Å². The maximum absolute atomic E-state index is 11.5. The van der Waals surface area contributed by atoms with Crippen LogP contribution in [-0.4, -0.2) is 16.5 Å². The molecule has 3 rings (SSSR count). The molecule has 0 unspecified atom stereocenters. The Morgan fingerprint density at radius 3 is 2.14 bits per heavy atom. The van der Waals surface area contributed by atoms with Gasteiger partial charge >= 0.3 is 4.87 Å². The van der Waals surface area contributed by atoms with Gasteiger partial charge in [-0.15, -0.1) is 12.6 Å². The molecular weight excluding hydrogens is 574 g/mol. The molecule has 2 heterocycles. The Morgan fingerprint density at radius 1 is 1.05 bits per heavy atom. The van der Waals surface area contributed by atoms with E-state index in [4.69, 9.17) is 5.41 Å². The quantitative estimate of drug-likeness (QED) is 0.251. The van der Waals surface area contributed by atoms with Crippen LogP contribution >= 0.6 is 87.7 Å². The number of fused-ring (bicyclic) bond motifs is 1. The van der Waals surface area contributed by atoms with Crippen molar-refractivity contribution in [3.05, 3.63) is 43.6 Å². The van der Waals surface area contributed by atoms with Gasteiger partial charge in [0, 0.05) is 29.0 Å². The SMILES string of the molecule is N=C1N=C(c2sc(=O)[nH]c2S)c2c(Br)c(Br)c(Br)c(Br)c21. The molecule has 2 aromatic rings. The van der Waals surface area contributed by atoms with E-state index < -0.39 is 0 Å². The predicted octanol–water partition coefficient (Wildman–Crippen LogP) is 4.95. The molecule has 10 heteroatoms. The molecule has 0 saturated carbocycles. The second-order valence-corrected chi connectivity index (χ2v) is 8.61. The molecule has 1 aliphatic rings. The van der Waals surface area contributed by atoms with E-state index in [1.165, 1.54) is 0 Å². The van der Waals surface area contributed by atoms with E-state index >= 15 is 0 Å². The Bertz CT molecular complexity index is 900. The summed E-state index contributed by atoms with van der Waals surface area (Å²) in [7, 11) is 0. The van der Waals surface area contributed by atoms with Crippen LogP contribution in [0.2, 0.25) is 0 Å². The molecule has 2 N–H and O–H groups in total. The Labute approximate surface area is 161 Å². The number of H-pyrrole nitrogens is 1. The zero-order valence-electron chi connectivity index (χ0n) is 9.72. The van der Waals surface area contributed by atoms with E-state index in [1.54, 1.807) is 0 Å². The molecule has 0 radical (unpaired) electrons. The number of hydrogen-bond donors (Lipinski definition) is 3. The third-order valence-electron chi connectivity index (χ3n) is 2.81. The second kappa shape index (κ2) is 5.72. The van der Waals surface area contributed by atoms with Gasteiger partial charge in [-0.3, -0.25) is 10.2 Å². The largest absolute Gasteiger partial charge is 0.307 e. The number of aromatic nitrogens is 1. The lowest BCUT2D eigenvalue weighted by Gasteiger charge is -2.11. The molecule has 0 fully saturated rings. The van der Waals surface area contributed by atoms with Crippen LogP contribution in [0, 0.1) is 5.41 Å². The van der Waals surface area contributed by atoms with Gasteiger partial charge in [0.2, 0.25) is 0 Å². The van der Waals surface area contributed by atoms with E-state index in [2.05, 4.69) is 86.3 Å². The third-order valence-corrected chi connectivity index (χ3v) is 8.95. The standard InChI is InChI=1S/C11H3Br4N3OS2/c12-3-1-2(4(13)6(15)5(3)14)9(16)17-7(1)8-10(20)18-11(19)21-8/h16,20H,(H,18,19). The summed E-state index contributed by atoms with van der Waals surface area (Å²) >= 11 is 19.3. The van der Waals surface area contributed by atoms with Crippen LogP contribution in [0.1, 0.15) is 16.0 Å². The van der Waals surface area contributed by atoms with Crippen LogP contribution in [0.5, 0.6) is 0 Å². The number of thiazole rings is 1. The number of aromatic amines is 1. The van der Waals surface area contributed by atoms with Crippen molar-refractivity contribution in [1.29, 1.82) is 5.41 Å². The van der Waals surface area contributed by atoms with Gasteiger partial charge in [-0.05, 0) is 63.7 Å². The third kappa shape index (κ3) is 2.47. The van der Waals surface area contributed by atoms with Gasteiger partial charge in [-0.2, -0.15) is 0 Å². The lowest BCUT2D eigenvalue weighted by Crippen LogP contribution is -2.03. The number of halogens is 4. The van der Waals surface area contributed by atoms with Crippen LogP contribution < -0.4 is 4.87 Å². The molecule has 0 amide bonds. The van der Waals surface area contributed by atoms with Crippen molar-refractivity contribution in [2.45, 2.75) is 5.03 Å². The molecule has 108 valence electrons. The summed E-state index contributed by atoms with van der Waals surface area (Å²) in [4.78, 5) is 18.8. The summed E-state index contributed by atoms with van der Waals surface area (Å²) in [6.45, 7) is 0. The van der Waals surface area contributed by atoms with Gasteiger partial charge in [0.25, 0.3) is 0 Å². The van der Waals surface area contributed by atoms with Crippen molar-refractivity contribution in [3.63, 3.8) is 0 Å². The molecule has 0 bridgehead atoms. The molecule has 0 atom stereocenters. The topological polar surface area (TPSA) is 69.1 Å². The number of thiol groups is 1. The first-order valence-electron chi connectivity index (χ1n) is 5.29. The van der Waals surface area contributed by atoms with Crippen LogP contribution in [0.4, 0.5) is 0 Å². The predicted molar refractivity (Wildman–Crippen MR) is 102 cm³/mol. The van der Waals surface area contributed by atoms with Gasteiger partial charge in [-0.1, -0.05) is 11.3 Å². The molecule has 4 nitrogen and oxygen atoms in total. The molecule has 21 heavy (non-hydrogen) atoms. The lowest BCUT2D eigenvalue weighted by atomic mass is 10.0. The van der Waals surface area contributed by atoms with Gasteiger partial charge < -0.3 is 4.98 Å². The van der Waals surface area contributed by atoms with Gasteiger partial charge in [0.15, 0.2) is 5.84 Å². The summed E-state index contributed by atoms with van der Waals surface area (Å²) in [6.07, 6.45) is 0. The number of hydrogen-bond acceptors (Lipinski definition) is 4. The Kier molecular flexibility index (Phi) is 4.39. The van der Waals surface area contributed by atoms with Crippen molar-refractivity contribution < 1.29 is 0 Å². The number of nitrogens with zero attached hydrogens (tertiary/aromatic N) is 1. The number of benzene rings is 1. The van der Waals surface area contributed by atoms with Crippen molar-refractivity contribution in [2.75, 3.05) is 0 Å². The van der Waals surface area contributed by atoms with Gasteiger partial charge in [0.05, 0.1) is 15.6 Å². The smallest absolute Gasteiger partial charge is 0.305 e. The summed E-state index contributed by atoms with van der Waals surface area (Å²) in [5, 5.41) is 8.56. The van der Waals surface area contributed by atoms with Crippen LogP contribution in [0.15, 0.2) is 32.7 Å². The Balaban J connectivity index is 2.38. The average Bonchev–Trinajstić information content (AvgIpc) is 2.93. The molecule has 0 saturated heterocycles. The molecule has 0 spiro atoms. The first-order chi connectivity index (χ1) is 9.82. The first-order valence-corrected chi connectivity index (χ1v) is 9.72. The molecule has 1 aliphatic heterocycles. The minimum Gasteiger partial charge on any atom is -0.307 e. The van der Waals surface area contributed by atoms with Crippen molar-refractivity contribution in [1.82, 2.24) is 4.98 Å². The highest BCUT2D eigenvalue weighted by Crippen LogP contribution is 2.45. The van der Waals surface area contributed by atoms with Crippen LogP contribution in [-0.2, 0) is 0 Å². The number of aliphatic imine (C=N–C) groups is 1. The summed E-state index contributed by atoms with van der Waals surface area (Å²) < 4.78 is 3.10. The molecule has 1 aromatic carbocycles. The van der Waals surface area contributed by atoms with Crippen LogP contribution in [0.3, 0.4) is 0 Å². The maximum Gasteiger partial charge on any atom is 0.305 e. The maximum atomic E-state index is 11.5. The van der Waals surface area contributed by atoms with E-state index in [0.717, 1.165) is 34.8 Å². The average molecular weight is 577 g/mol. The van der Waals surface area contributed by atoms with E-state index in [1.807, 2.05) is 0 Å². The highest BCUT2D eigenvalue weighted by molar-refractivity contribution is 9.15. The van der Waals surface area contributed by atoms with Crippen molar-refractivity contribution in [2.24, 2.45) is 4.99 Å². The number of rotatable bonds is 1. The molecular formula is C11H3Br4N3OS2. The fraction of sp³-hybridized carbons (Fsp3) is 0. The summed E-state index contributed by atoms with van der Waals surface area (Å²) in [5.74, 6) is 0.134. The summed E-state index contributed by atoms with van der Waals surface area (Å²) in [5.41, 5.74) is 1.98. The highest BCUT2D eigenvalue weighted by atomic mass is 79.9. The Morgan fingerprint density at radius 2 is 1.62 bits per heavy atom. The van der Waals surface area contributed by atoms with Crippen LogP contribution in [0.25, 0.3) is 0 Å². The van der Waals surface area contributed by atoms with E-state index in [9.17, 15) is 4.79 Å². The number of nitrogens with one attached hydrogen (secondary N) is 2. The monoisotopic (exact) mass is 573 g/mol. The normalized spacial score (nSPS) is 13.6. The minimum absolute atomic E-state index is 0.134. The van der Waals surface area contributed by atoms with E-state index in [0.29, 0.717) is 21.2 Å². The minimum atomic E-state index is -0.205. The highest BCUT2D eigenvalue weighted by Gasteiger charge is 2.32. The van der Waals surface area contributed by atoms with E-state index in [-0.39, 0.29) is 10.7 Å². The molecule has 0 aliphatic carbocycles. The van der Waals surface area contributed by atoms with Crippen molar-refractivity contribution in [3.8, 4) is 0 Å². The zero-order chi connectivity index (χ0) is 15.5. The zero-order valence-corrected chi connectivity index (χ0v) is 17.8.